The van der Waals surface area contributed by atoms with E-state index in [1.165, 1.54) is 67.9 Å². The molecule has 1 fully saturated rings. The summed E-state index contributed by atoms with van der Waals surface area (Å²) >= 11 is 5.80. The Bertz CT molecular complexity index is 1750. The van der Waals surface area contributed by atoms with Crippen LogP contribution >= 0.6 is 19.4 Å². The Labute approximate surface area is 273 Å². The second-order valence-electron chi connectivity index (χ2n) is 11.5. The first-order valence-electron chi connectivity index (χ1n) is 14.2. The van der Waals surface area contributed by atoms with Crippen molar-refractivity contribution in [3.05, 3.63) is 64.6 Å². The molecular weight excluding hydrogens is 667 g/mol. The monoisotopic (exact) mass is 699 g/mol. The number of nitrogens with zero attached hydrogens (tertiary/aromatic N) is 2. The number of likely N-dealkylation sites (tertiary alicyclic amines) is 1. The molecule has 0 spiro atoms. The van der Waals surface area contributed by atoms with Gasteiger partial charge < -0.3 is 29.3 Å². The van der Waals surface area contributed by atoms with E-state index >= 15 is 0 Å². The second kappa shape index (κ2) is 14.5. The van der Waals surface area contributed by atoms with Gasteiger partial charge in [-0.2, -0.15) is 0 Å². The highest BCUT2D eigenvalue weighted by atomic mass is 35.5. The van der Waals surface area contributed by atoms with Crippen LogP contribution in [0, 0.1) is 11.2 Å². The minimum Gasteiger partial charge on any atom is -0.469 e. The Morgan fingerprint density at radius 1 is 1.19 bits per heavy atom. The number of Topliss-reactive ketones (excluding diaryl/α,β-unsaturated/α-hetero) is 1. The number of hydrogen-bond acceptors (Lipinski definition) is 9. The van der Waals surface area contributed by atoms with Gasteiger partial charge in [-0.3, -0.25) is 23.7 Å². The molecule has 1 aliphatic heterocycles. The Hall–Kier alpha value is -3.88. The van der Waals surface area contributed by atoms with Crippen LogP contribution in [0.25, 0.3) is 10.9 Å². The highest BCUT2D eigenvalue weighted by Crippen LogP contribution is 2.45. The largest absolute Gasteiger partial charge is 0.508 e. The van der Waals surface area contributed by atoms with Crippen LogP contribution < -0.4 is 10.2 Å². The van der Waals surface area contributed by atoms with Gasteiger partial charge in [0.2, 0.25) is 11.8 Å². The van der Waals surface area contributed by atoms with Crippen molar-refractivity contribution < 1.29 is 56.2 Å². The molecule has 0 radical (unpaired) electrons. The van der Waals surface area contributed by atoms with Gasteiger partial charge >= 0.3 is 13.8 Å². The lowest BCUT2D eigenvalue weighted by Gasteiger charge is -2.24. The molecule has 17 heteroatoms. The van der Waals surface area contributed by atoms with E-state index in [2.05, 4.69) is 14.7 Å². The van der Waals surface area contributed by atoms with Crippen molar-refractivity contribution >= 4 is 53.9 Å². The van der Waals surface area contributed by atoms with Crippen molar-refractivity contribution in [1.82, 2.24) is 14.8 Å². The van der Waals surface area contributed by atoms with E-state index in [1.807, 2.05) is 0 Å². The number of ketones is 1. The van der Waals surface area contributed by atoms with Gasteiger partial charge in [0.1, 0.15) is 24.6 Å². The summed E-state index contributed by atoms with van der Waals surface area (Å²) in [6, 6.07) is 7.27. The fourth-order valence-corrected chi connectivity index (χ4v) is 5.86. The fraction of sp³-hybridized carbons (Fsp3) is 0.400. The number of aromatic nitrogens is 1. The molecule has 47 heavy (non-hydrogen) atoms. The molecule has 3 atom stereocenters. The van der Waals surface area contributed by atoms with Crippen molar-refractivity contribution in [3.8, 4) is 5.75 Å². The van der Waals surface area contributed by atoms with E-state index in [0.29, 0.717) is 5.39 Å². The standard InChI is InChI=1S/C30H33ClF2N3O10P/c1-17(37)22-14-35(24-11-20(8-9-21(22)24)45-46-47(41,42)44-16-30(2,3)29(40)43-4)15-26(38)36-13-19(32)10-25(36)28(39)34-12-18-6-5-7-23(31)27(18)33/h5-9,11,14,19,25H,10,12-13,15-16H2,1-4H3,(H,34,39)(H,41,42)/t19-,25+/m1/s1. The number of halogens is 3. The van der Waals surface area contributed by atoms with Crippen molar-refractivity contribution in [1.29, 1.82) is 0 Å². The van der Waals surface area contributed by atoms with Crippen molar-refractivity contribution in [2.45, 2.75) is 52.5 Å². The van der Waals surface area contributed by atoms with Gasteiger partial charge in [-0.05, 0) is 39.0 Å². The molecule has 254 valence electrons. The number of rotatable bonds is 13. The third-order valence-corrected chi connectivity index (χ3v) is 8.46. The SMILES string of the molecule is COC(=O)C(C)(C)COP(=O)(O)OOc1ccc2c(C(C)=O)cn(CC(=O)N3C[C@H](F)C[C@H]3C(=O)NCc3cccc(Cl)c3F)c2c1. The van der Waals surface area contributed by atoms with Crippen LogP contribution in [-0.2, 0) is 46.0 Å². The van der Waals surface area contributed by atoms with E-state index in [-0.39, 0.29) is 52.7 Å². The lowest BCUT2D eigenvalue weighted by molar-refractivity contribution is -0.155. The first kappa shape index (κ1) is 36.0. The molecular formula is C30H33ClF2N3O10P. The summed E-state index contributed by atoms with van der Waals surface area (Å²) in [5, 5.41) is 2.81. The van der Waals surface area contributed by atoms with Gasteiger partial charge in [-0.1, -0.05) is 28.4 Å². The Kier molecular flexibility index (Phi) is 11.1. The van der Waals surface area contributed by atoms with E-state index in [0.717, 1.165) is 12.0 Å². The van der Waals surface area contributed by atoms with Crippen LogP contribution in [0.2, 0.25) is 5.02 Å². The maximum absolute atomic E-state index is 14.5. The number of alkyl halides is 1. The first-order valence-corrected chi connectivity index (χ1v) is 16.1. The molecule has 2 amide bonds. The van der Waals surface area contributed by atoms with Gasteiger partial charge in [-0.25, -0.2) is 13.3 Å². The van der Waals surface area contributed by atoms with Gasteiger partial charge in [-0.15, -0.1) is 0 Å². The van der Waals surface area contributed by atoms with Crippen LogP contribution in [0.4, 0.5) is 8.78 Å². The average Bonchev–Trinajstić information content (AvgIpc) is 3.59. The zero-order chi connectivity index (χ0) is 34.7. The second-order valence-corrected chi connectivity index (χ2v) is 13.3. The number of nitrogens with one attached hydrogen (secondary N) is 1. The summed E-state index contributed by atoms with van der Waals surface area (Å²) in [6.45, 7) is 2.64. The lowest BCUT2D eigenvalue weighted by Crippen LogP contribution is -2.46. The number of carbonyl (C=O) groups excluding carboxylic acids is 4. The van der Waals surface area contributed by atoms with E-state index in [9.17, 15) is 37.4 Å². The number of carbonyl (C=O) groups is 4. The molecule has 2 aromatic carbocycles. The van der Waals surface area contributed by atoms with E-state index in [4.69, 9.17) is 21.0 Å². The van der Waals surface area contributed by atoms with Crippen LogP contribution in [-0.4, -0.2) is 70.4 Å². The number of phosphoric ester groups is 1. The smallest absolute Gasteiger partial charge is 0.469 e. The minimum atomic E-state index is -4.83. The number of esters is 1. The number of phosphoric acid groups is 1. The first-order chi connectivity index (χ1) is 22.0. The van der Waals surface area contributed by atoms with Crippen molar-refractivity contribution in [2.24, 2.45) is 5.41 Å². The molecule has 0 aliphatic carbocycles. The predicted octanol–water partition coefficient (Wildman–Crippen LogP) is 4.52. The van der Waals surface area contributed by atoms with Crippen LogP contribution in [0.3, 0.4) is 0 Å². The molecule has 4 rings (SSSR count). The number of benzene rings is 2. The summed E-state index contributed by atoms with van der Waals surface area (Å²) in [5.41, 5.74) is -0.634. The summed E-state index contributed by atoms with van der Waals surface area (Å²) < 4.78 is 56.7. The van der Waals surface area contributed by atoms with E-state index < -0.39 is 62.2 Å². The van der Waals surface area contributed by atoms with Gasteiger partial charge in [0.25, 0.3) is 0 Å². The van der Waals surface area contributed by atoms with Crippen LogP contribution in [0.5, 0.6) is 5.75 Å². The van der Waals surface area contributed by atoms with Crippen molar-refractivity contribution in [3.63, 3.8) is 0 Å². The summed E-state index contributed by atoms with van der Waals surface area (Å²) in [5.74, 6) is -3.16. The molecule has 0 saturated carbocycles. The molecule has 0 bridgehead atoms. The van der Waals surface area contributed by atoms with E-state index in [1.54, 1.807) is 0 Å². The fourth-order valence-electron chi connectivity index (χ4n) is 4.96. The lowest BCUT2D eigenvalue weighted by atomic mass is 9.95. The summed E-state index contributed by atoms with van der Waals surface area (Å²) in [7, 11) is -3.67. The summed E-state index contributed by atoms with van der Waals surface area (Å²) in [6.07, 6.45) is -0.348. The number of amides is 2. The zero-order valence-electron chi connectivity index (χ0n) is 25.8. The Balaban J connectivity index is 1.49. The molecule has 2 heterocycles. The summed E-state index contributed by atoms with van der Waals surface area (Å²) in [4.78, 5) is 66.8. The van der Waals surface area contributed by atoms with Gasteiger partial charge in [0, 0.05) is 41.7 Å². The molecule has 1 saturated heterocycles. The maximum Gasteiger partial charge on any atom is 0.508 e. The van der Waals surface area contributed by atoms with Crippen LogP contribution in [0.1, 0.15) is 43.1 Å². The molecule has 1 aliphatic rings. The molecule has 2 N–H and O–H groups in total. The third-order valence-electron chi connectivity index (χ3n) is 7.45. The number of methoxy groups -OCH3 is 1. The molecule has 1 aromatic heterocycles. The predicted molar refractivity (Wildman–Crippen MR) is 164 cm³/mol. The zero-order valence-corrected chi connectivity index (χ0v) is 27.5. The minimum absolute atomic E-state index is 0.111. The Morgan fingerprint density at radius 2 is 1.91 bits per heavy atom. The quantitative estimate of drug-likeness (QED) is 0.0853. The number of ether oxygens (including phenoxy) is 1. The van der Waals surface area contributed by atoms with Gasteiger partial charge in [0.05, 0.1) is 36.2 Å². The highest BCUT2D eigenvalue weighted by Gasteiger charge is 2.40. The van der Waals surface area contributed by atoms with Crippen LogP contribution in [0.15, 0.2) is 42.6 Å². The normalized spacial score (nSPS) is 17.7. The van der Waals surface area contributed by atoms with Gasteiger partial charge in [0.15, 0.2) is 11.5 Å². The average molecular weight is 700 g/mol. The van der Waals surface area contributed by atoms with Crippen molar-refractivity contribution in [2.75, 3.05) is 20.3 Å². The Morgan fingerprint density at radius 3 is 2.60 bits per heavy atom. The number of hydrogen-bond donors (Lipinski definition) is 2. The third kappa shape index (κ3) is 8.54. The molecule has 13 nitrogen and oxygen atoms in total. The molecule has 1 unspecified atom stereocenters. The highest BCUT2D eigenvalue weighted by molar-refractivity contribution is 7.47. The number of fused-ring (bicyclic) bond motifs is 1. The maximum atomic E-state index is 14.5. The molecule has 3 aromatic rings. The topological polar surface area (TPSA) is 163 Å².